The summed E-state index contributed by atoms with van der Waals surface area (Å²) in [6.45, 7) is -0.538. The number of halogens is 1. The molecule has 1 aromatic rings. The molecule has 22 heavy (non-hydrogen) atoms. The van der Waals surface area contributed by atoms with Crippen LogP contribution >= 0.6 is 11.6 Å². The number of nitrogens with two attached hydrogens (primary N) is 1. The zero-order valence-electron chi connectivity index (χ0n) is 11.8. The van der Waals surface area contributed by atoms with Gasteiger partial charge in [-0.3, -0.25) is 9.59 Å². The van der Waals surface area contributed by atoms with E-state index in [0.717, 1.165) is 5.56 Å². The van der Waals surface area contributed by atoms with Crippen LogP contribution in [0.25, 0.3) is 0 Å². The third kappa shape index (κ3) is 5.72. The molecule has 0 aliphatic carbocycles. The molecule has 120 valence electrons. The summed E-state index contributed by atoms with van der Waals surface area (Å²) in [4.78, 5) is 23.1. The highest BCUT2D eigenvalue weighted by atomic mass is 35.5. The van der Waals surface area contributed by atoms with Crippen molar-refractivity contribution in [1.82, 2.24) is 10.6 Å². The van der Waals surface area contributed by atoms with E-state index in [2.05, 4.69) is 10.6 Å². The Kier molecular flexibility index (Phi) is 7.38. The number of carbonyl (C=O) groups is 2. The van der Waals surface area contributed by atoms with Gasteiger partial charge in [0.25, 0.3) is 11.8 Å². The average molecular weight is 328 g/mol. The van der Waals surface area contributed by atoms with E-state index in [4.69, 9.17) is 27.5 Å². The SMILES string of the molecule is NC(=O)/C(=C\NCc1ccc(Cl)cc1)C(=O)NC(CO)CO. The van der Waals surface area contributed by atoms with Gasteiger partial charge in [0.05, 0.1) is 19.3 Å². The Labute approximate surface area is 132 Å². The first-order valence-corrected chi connectivity index (χ1v) is 6.86. The molecule has 2 amide bonds. The first kappa shape index (κ1) is 18.0. The van der Waals surface area contributed by atoms with Crippen LogP contribution in [0.5, 0.6) is 0 Å². The Balaban J connectivity index is 2.67. The maximum Gasteiger partial charge on any atom is 0.258 e. The van der Waals surface area contributed by atoms with Crippen molar-refractivity contribution in [3.8, 4) is 0 Å². The predicted octanol–water partition coefficient (Wildman–Crippen LogP) is -0.732. The highest BCUT2D eigenvalue weighted by molar-refractivity contribution is 6.30. The molecule has 7 nitrogen and oxygen atoms in total. The molecule has 0 aromatic heterocycles. The van der Waals surface area contributed by atoms with E-state index < -0.39 is 31.1 Å². The zero-order valence-corrected chi connectivity index (χ0v) is 12.5. The van der Waals surface area contributed by atoms with Gasteiger partial charge in [0.2, 0.25) is 0 Å². The van der Waals surface area contributed by atoms with Crippen LogP contribution in [0.4, 0.5) is 0 Å². The first-order valence-electron chi connectivity index (χ1n) is 6.48. The van der Waals surface area contributed by atoms with Crippen molar-refractivity contribution in [2.24, 2.45) is 5.73 Å². The van der Waals surface area contributed by atoms with E-state index in [1.807, 2.05) is 0 Å². The lowest BCUT2D eigenvalue weighted by molar-refractivity contribution is -0.123. The number of hydrogen-bond acceptors (Lipinski definition) is 5. The van der Waals surface area contributed by atoms with Crippen LogP contribution in [0.2, 0.25) is 5.02 Å². The standard InChI is InChI=1S/C14H18ClN3O4/c15-10-3-1-9(2-4-10)5-17-6-12(13(16)21)14(22)18-11(7-19)8-20/h1-4,6,11,17,19-20H,5,7-8H2,(H2,16,21)(H,18,22)/b12-6+. The largest absolute Gasteiger partial charge is 0.394 e. The van der Waals surface area contributed by atoms with Crippen LogP contribution in [-0.4, -0.2) is 41.3 Å². The molecular formula is C14H18ClN3O4. The highest BCUT2D eigenvalue weighted by Gasteiger charge is 2.18. The van der Waals surface area contributed by atoms with Crippen LogP contribution in [0.15, 0.2) is 36.0 Å². The van der Waals surface area contributed by atoms with Gasteiger partial charge >= 0.3 is 0 Å². The van der Waals surface area contributed by atoms with Crippen molar-refractivity contribution in [3.05, 3.63) is 46.6 Å². The number of rotatable bonds is 8. The second-order valence-electron chi connectivity index (χ2n) is 4.47. The van der Waals surface area contributed by atoms with Gasteiger partial charge in [-0.05, 0) is 17.7 Å². The highest BCUT2D eigenvalue weighted by Crippen LogP contribution is 2.09. The van der Waals surface area contributed by atoms with E-state index in [-0.39, 0.29) is 5.57 Å². The van der Waals surface area contributed by atoms with E-state index in [9.17, 15) is 9.59 Å². The maximum absolute atomic E-state index is 11.8. The molecule has 0 bridgehead atoms. The zero-order chi connectivity index (χ0) is 16.5. The quantitative estimate of drug-likeness (QED) is 0.244. The number of carbonyl (C=O) groups excluding carboxylic acids is 2. The van der Waals surface area contributed by atoms with Gasteiger partial charge in [0, 0.05) is 17.8 Å². The lowest BCUT2D eigenvalue weighted by Crippen LogP contribution is -2.43. The predicted molar refractivity (Wildman–Crippen MR) is 81.7 cm³/mol. The number of aliphatic hydroxyl groups excluding tert-OH is 2. The number of nitrogens with one attached hydrogen (secondary N) is 2. The van der Waals surface area contributed by atoms with Crippen LogP contribution in [0, 0.1) is 0 Å². The van der Waals surface area contributed by atoms with Gasteiger partial charge in [-0.2, -0.15) is 0 Å². The monoisotopic (exact) mass is 327 g/mol. The molecule has 0 saturated carbocycles. The van der Waals surface area contributed by atoms with Crippen molar-refractivity contribution in [2.45, 2.75) is 12.6 Å². The number of hydrogen-bond donors (Lipinski definition) is 5. The molecule has 6 N–H and O–H groups in total. The molecule has 1 rings (SSSR count). The molecule has 0 aliphatic rings. The summed E-state index contributed by atoms with van der Waals surface area (Å²) in [7, 11) is 0. The Morgan fingerprint density at radius 1 is 1.23 bits per heavy atom. The summed E-state index contributed by atoms with van der Waals surface area (Å²) < 4.78 is 0. The smallest absolute Gasteiger partial charge is 0.258 e. The molecule has 0 aliphatic heterocycles. The second kappa shape index (κ2) is 9.04. The van der Waals surface area contributed by atoms with Gasteiger partial charge < -0.3 is 26.6 Å². The molecule has 8 heteroatoms. The first-order chi connectivity index (χ1) is 10.5. The van der Waals surface area contributed by atoms with Crippen molar-refractivity contribution < 1.29 is 19.8 Å². The van der Waals surface area contributed by atoms with Crippen LogP contribution in [0.3, 0.4) is 0 Å². The molecule has 0 fully saturated rings. The normalized spacial score (nSPS) is 11.4. The van der Waals surface area contributed by atoms with Crippen molar-refractivity contribution >= 4 is 23.4 Å². The molecule has 0 heterocycles. The molecule has 1 aromatic carbocycles. The number of primary amides is 1. The summed E-state index contributed by atoms with van der Waals surface area (Å²) in [6.07, 6.45) is 1.19. The molecule has 0 radical (unpaired) electrons. The second-order valence-corrected chi connectivity index (χ2v) is 4.90. The number of benzene rings is 1. The summed E-state index contributed by atoms with van der Waals surface area (Å²) >= 11 is 5.77. The van der Waals surface area contributed by atoms with Gasteiger partial charge in [0.15, 0.2) is 0 Å². The summed E-state index contributed by atoms with van der Waals surface area (Å²) in [6, 6.07) is 6.17. The molecular weight excluding hydrogens is 310 g/mol. The molecule has 0 unspecified atom stereocenters. The summed E-state index contributed by atoms with van der Waals surface area (Å²) in [5, 5.41) is 23.5. The third-order valence-corrected chi connectivity index (χ3v) is 3.00. The van der Waals surface area contributed by atoms with Crippen molar-refractivity contribution in [2.75, 3.05) is 13.2 Å². The van der Waals surface area contributed by atoms with Crippen molar-refractivity contribution in [3.63, 3.8) is 0 Å². The lowest BCUT2D eigenvalue weighted by atomic mass is 10.2. The summed E-state index contributed by atoms with van der Waals surface area (Å²) in [5.74, 6) is -1.69. The van der Waals surface area contributed by atoms with Crippen LogP contribution < -0.4 is 16.4 Å². The van der Waals surface area contributed by atoms with Gasteiger partial charge in [0.1, 0.15) is 5.57 Å². The van der Waals surface area contributed by atoms with E-state index in [0.29, 0.717) is 11.6 Å². The van der Waals surface area contributed by atoms with E-state index >= 15 is 0 Å². The van der Waals surface area contributed by atoms with E-state index in [1.165, 1.54) is 6.20 Å². The average Bonchev–Trinajstić information content (AvgIpc) is 2.50. The third-order valence-electron chi connectivity index (χ3n) is 2.75. The van der Waals surface area contributed by atoms with Crippen LogP contribution in [0.1, 0.15) is 5.56 Å². The van der Waals surface area contributed by atoms with Crippen molar-refractivity contribution in [1.29, 1.82) is 0 Å². The lowest BCUT2D eigenvalue weighted by Gasteiger charge is -2.14. The minimum absolute atomic E-state index is 0.305. The minimum Gasteiger partial charge on any atom is -0.394 e. The fourth-order valence-electron chi connectivity index (χ4n) is 1.53. The molecule has 0 spiro atoms. The molecule has 0 atom stereocenters. The Hall–Kier alpha value is -2.09. The van der Waals surface area contributed by atoms with Gasteiger partial charge in [-0.1, -0.05) is 23.7 Å². The fourth-order valence-corrected chi connectivity index (χ4v) is 1.66. The Bertz CT molecular complexity index is 542. The van der Waals surface area contributed by atoms with Gasteiger partial charge in [-0.15, -0.1) is 0 Å². The van der Waals surface area contributed by atoms with Crippen LogP contribution in [-0.2, 0) is 16.1 Å². The minimum atomic E-state index is -0.921. The Morgan fingerprint density at radius 3 is 2.32 bits per heavy atom. The summed E-state index contributed by atoms with van der Waals surface area (Å²) in [5.41, 5.74) is 5.74. The van der Waals surface area contributed by atoms with E-state index in [1.54, 1.807) is 24.3 Å². The molecule has 0 saturated heterocycles. The van der Waals surface area contributed by atoms with Gasteiger partial charge in [-0.25, -0.2) is 0 Å². The number of amides is 2. The number of aliphatic hydroxyl groups is 2. The fraction of sp³-hybridized carbons (Fsp3) is 0.286. The Morgan fingerprint density at radius 2 is 1.82 bits per heavy atom. The topological polar surface area (TPSA) is 125 Å². The maximum atomic E-state index is 11.8.